The van der Waals surface area contributed by atoms with E-state index in [0.29, 0.717) is 26.1 Å². The number of pyridine rings is 1. The number of nitrogens with one attached hydrogen (secondary N) is 2. The van der Waals surface area contributed by atoms with E-state index in [1.165, 1.54) is 7.11 Å². The highest BCUT2D eigenvalue weighted by atomic mass is 32.1. The summed E-state index contributed by atoms with van der Waals surface area (Å²) in [6.07, 6.45) is 4.41. The Morgan fingerprint density at radius 3 is 2.91 bits per heavy atom. The third kappa shape index (κ3) is 5.92. The van der Waals surface area contributed by atoms with Crippen LogP contribution in [0.4, 0.5) is 4.79 Å². The number of amides is 2. The van der Waals surface area contributed by atoms with Crippen LogP contribution in [-0.2, 0) is 20.7 Å². The van der Waals surface area contributed by atoms with E-state index in [-0.39, 0.29) is 18.0 Å². The lowest BCUT2D eigenvalue weighted by Gasteiger charge is -2.33. The van der Waals surface area contributed by atoms with Crippen LogP contribution in [-0.4, -0.2) is 72.4 Å². The van der Waals surface area contributed by atoms with E-state index in [9.17, 15) is 9.59 Å². The van der Waals surface area contributed by atoms with E-state index in [1.54, 1.807) is 11.3 Å². The Labute approximate surface area is 204 Å². The molecule has 2 fully saturated rings. The van der Waals surface area contributed by atoms with Crippen molar-refractivity contribution in [2.24, 2.45) is 0 Å². The summed E-state index contributed by atoms with van der Waals surface area (Å²) in [6, 6.07) is 4.16. The number of hydrogen-bond donors (Lipinski definition) is 2. The van der Waals surface area contributed by atoms with Gasteiger partial charge in [0.1, 0.15) is 11.1 Å². The van der Waals surface area contributed by atoms with Crippen molar-refractivity contribution >= 4 is 23.3 Å². The van der Waals surface area contributed by atoms with Crippen LogP contribution in [0.3, 0.4) is 0 Å². The second-order valence-corrected chi connectivity index (χ2v) is 9.78. The van der Waals surface area contributed by atoms with Crippen LogP contribution in [0.25, 0.3) is 10.4 Å². The molecule has 0 spiro atoms. The maximum absolute atomic E-state index is 13.4. The fourth-order valence-corrected chi connectivity index (χ4v) is 5.36. The molecule has 4 rings (SSSR count). The highest BCUT2D eigenvalue weighted by Gasteiger charge is 2.41. The Balaban J connectivity index is 1.57. The molecule has 10 heteroatoms. The number of aryl methyl sites for hydroxylation is 2. The van der Waals surface area contributed by atoms with Gasteiger partial charge in [0.2, 0.25) is 0 Å². The summed E-state index contributed by atoms with van der Waals surface area (Å²) in [5.41, 5.74) is 2.99. The Kier molecular flexibility index (Phi) is 8.12. The fourth-order valence-electron chi connectivity index (χ4n) is 4.20. The molecule has 34 heavy (non-hydrogen) atoms. The first-order chi connectivity index (χ1) is 16.5. The van der Waals surface area contributed by atoms with Crippen molar-refractivity contribution < 1.29 is 19.1 Å². The Morgan fingerprint density at radius 1 is 1.41 bits per heavy atom. The minimum atomic E-state index is -0.442. The SMILES string of the molecule is COC(=O)NCCCc1nc([C@@H](C)N(C(=O)[C@H]2CNCCO2)C2CC2)sc1-c1ccnc(C)c1. The lowest BCUT2D eigenvalue weighted by Crippen LogP contribution is -2.50. The number of morpholine rings is 1. The molecule has 0 unspecified atom stereocenters. The van der Waals surface area contributed by atoms with Gasteiger partial charge < -0.3 is 25.0 Å². The normalized spacial score (nSPS) is 18.9. The predicted molar refractivity (Wildman–Crippen MR) is 130 cm³/mol. The first kappa shape index (κ1) is 24.6. The summed E-state index contributed by atoms with van der Waals surface area (Å²) >= 11 is 1.63. The van der Waals surface area contributed by atoms with Crippen LogP contribution in [0.15, 0.2) is 18.3 Å². The van der Waals surface area contributed by atoms with Crippen LogP contribution >= 0.6 is 11.3 Å². The minimum Gasteiger partial charge on any atom is -0.453 e. The van der Waals surface area contributed by atoms with Crippen LogP contribution in [0.1, 0.15) is 48.6 Å². The molecule has 9 nitrogen and oxygen atoms in total. The topological polar surface area (TPSA) is 106 Å². The largest absolute Gasteiger partial charge is 0.453 e. The lowest BCUT2D eigenvalue weighted by atomic mass is 10.1. The van der Waals surface area contributed by atoms with E-state index in [2.05, 4.69) is 33.3 Å². The van der Waals surface area contributed by atoms with Crippen LogP contribution in [0.5, 0.6) is 0 Å². The van der Waals surface area contributed by atoms with Crippen LogP contribution < -0.4 is 10.6 Å². The molecule has 0 radical (unpaired) electrons. The third-order valence-electron chi connectivity index (χ3n) is 6.09. The van der Waals surface area contributed by atoms with Gasteiger partial charge in [0.15, 0.2) is 0 Å². The van der Waals surface area contributed by atoms with Crippen molar-refractivity contribution in [1.82, 2.24) is 25.5 Å². The number of carbonyl (C=O) groups is 2. The number of methoxy groups -OCH3 is 1. The summed E-state index contributed by atoms with van der Waals surface area (Å²) < 4.78 is 10.4. The third-order valence-corrected chi connectivity index (χ3v) is 7.41. The molecular weight excluding hydrogens is 454 g/mol. The number of thiazole rings is 1. The van der Waals surface area contributed by atoms with E-state index in [1.807, 2.05) is 24.1 Å². The van der Waals surface area contributed by atoms with Crippen molar-refractivity contribution in [3.05, 3.63) is 34.7 Å². The molecule has 0 bridgehead atoms. The van der Waals surface area contributed by atoms with Gasteiger partial charge in [-0.3, -0.25) is 9.78 Å². The first-order valence-corrected chi connectivity index (χ1v) is 12.7. The van der Waals surface area contributed by atoms with Crippen molar-refractivity contribution in [3.63, 3.8) is 0 Å². The monoisotopic (exact) mass is 487 g/mol. The molecule has 1 aliphatic carbocycles. The number of carbonyl (C=O) groups excluding carboxylic acids is 2. The van der Waals surface area contributed by atoms with Crippen molar-refractivity contribution in [1.29, 1.82) is 0 Å². The average molecular weight is 488 g/mol. The predicted octanol–water partition coefficient (Wildman–Crippen LogP) is 2.84. The number of nitrogens with zero attached hydrogens (tertiary/aromatic N) is 3. The molecule has 2 aliphatic rings. The summed E-state index contributed by atoms with van der Waals surface area (Å²) in [7, 11) is 1.36. The maximum Gasteiger partial charge on any atom is 0.406 e. The molecule has 2 amide bonds. The Bertz CT molecular complexity index is 1000. The lowest BCUT2D eigenvalue weighted by molar-refractivity contribution is -0.148. The zero-order valence-electron chi connectivity index (χ0n) is 20.0. The van der Waals surface area contributed by atoms with Crippen molar-refractivity contribution in [2.45, 2.75) is 57.7 Å². The van der Waals surface area contributed by atoms with Gasteiger partial charge >= 0.3 is 6.09 Å². The molecular formula is C24H33N5O4S. The molecule has 0 aromatic carbocycles. The van der Waals surface area contributed by atoms with E-state index in [4.69, 9.17) is 9.72 Å². The molecule has 1 saturated carbocycles. The summed E-state index contributed by atoms with van der Waals surface area (Å²) in [4.78, 5) is 37.2. The van der Waals surface area contributed by atoms with Crippen molar-refractivity contribution in [2.75, 3.05) is 33.4 Å². The van der Waals surface area contributed by atoms with Crippen molar-refractivity contribution in [3.8, 4) is 10.4 Å². The van der Waals surface area contributed by atoms with Gasteiger partial charge in [0.05, 0.1) is 30.3 Å². The fraction of sp³-hybridized carbons (Fsp3) is 0.583. The number of rotatable bonds is 9. The Morgan fingerprint density at radius 2 is 2.24 bits per heavy atom. The quantitative estimate of drug-likeness (QED) is 0.524. The standard InChI is InChI=1S/C24H33N5O4S/c1-15-13-17(8-10-26-15)21-19(5-4-9-27-24(31)32-3)28-22(34-21)16(2)29(18-6-7-18)23(30)20-14-25-11-12-33-20/h8,10,13,16,18,20,25H,4-7,9,11-12,14H2,1-3H3,(H,27,31)/t16-,20-/m1/s1. The van der Waals surface area contributed by atoms with Gasteiger partial charge in [-0.2, -0.15) is 0 Å². The molecule has 1 saturated heterocycles. The van der Waals surface area contributed by atoms with Gasteiger partial charge in [-0.1, -0.05) is 0 Å². The molecule has 2 aromatic heterocycles. The summed E-state index contributed by atoms with van der Waals surface area (Å²) in [5.74, 6) is 0.0440. The second-order valence-electron chi connectivity index (χ2n) is 8.75. The number of ether oxygens (including phenoxy) is 2. The van der Waals surface area contributed by atoms with E-state index >= 15 is 0 Å². The van der Waals surface area contributed by atoms with Gasteiger partial charge in [-0.25, -0.2) is 9.78 Å². The van der Waals surface area contributed by atoms with Gasteiger partial charge in [0.25, 0.3) is 5.91 Å². The zero-order chi connectivity index (χ0) is 24.1. The maximum atomic E-state index is 13.4. The number of alkyl carbamates (subject to hydrolysis) is 1. The average Bonchev–Trinajstić information content (AvgIpc) is 3.59. The number of aromatic nitrogens is 2. The zero-order valence-corrected chi connectivity index (χ0v) is 20.8. The minimum absolute atomic E-state index is 0.0440. The van der Waals surface area contributed by atoms with E-state index in [0.717, 1.165) is 52.6 Å². The molecule has 184 valence electrons. The van der Waals surface area contributed by atoms with Gasteiger partial charge in [0, 0.05) is 37.6 Å². The molecule has 1 aliphatic heterocycles. The smallest absolute Gasteiger partial charge is 0.406 e. The second kappa shape index (κ2) is 11.2. The van der Waals surface area contributed by atoms with Gasteiger partial charge in [-0.05, 0) is 57.2 Å². The number of hydrogen-bond acceptors (Lipinski definition) is 8. The Hall–Kier alpha value is -2.56. The highest BCUT2D eigenvalue weighted by molar-refractivity contribution is 7.15. The molecule has 2 atom stereocenters. The summed E-state index contributed by atoms with van der Waals surface area (Å²) in [5, 5.41) is 6.90. The molecule has 2 aromatic rings. The van der Waals surface area contributed by atoms with E-state index < -0.39 is 12.2 Å². The van der Waals surface area contributed by atoms with Crippen LogP contribution in [0.2, 0.25) is 0 Å². The van der Waals surface area contributed by atoms with Crippen LogP contribution in [0, 0.1) is 6.92 Å². The first-order valence-electron chi connectivity index (χ1n) is 11.9. The molecule has 2 N–H and O–H groups in total. The molecule has 3 heterocycles. The highest BCUT2D eigenvalue weighted by Crippen LogP contribution is 2.40. The van der Waals surface area contributed by atoms with Gasteiger partial charge in [-0.15, -0.1) is 11.3 Å². The summed E-state index contributed by atoms with van der Waals surface area (Å²) in [6.45, 7) is 6.42.